The van der Waals surface area contributed by atoms with Crippen molar-refractivity contribution in [2.24, 2.45) is 0 Å². The number of nitrogens with zero attached hydrogens (tertiary/aromatic N) is 1. The van der Waals surface area contributed by atoms with Gasteiger partial charge in [-0.25, -0.2) is 4.98 Å². The predicted molar refractivity (Wildman–Crippen MR) is 125 cm³/mol. The minimum atomic E-state index is -0.195. The Labute approximate surface area is 189 Å². The lowest BCUT2D eigenvalue weighted by Gasteiger charge is -2.13. The lowest BCUT2D eigenvalue weighted by Crippen LogP contribution is -2.14. The van der Waals surface area contributed by atoms with Crippen molar-refractivity contribution < 1.29 is 23.7 Å². The van der Waals surface area contributed by atoms with Gasteiger partial charge in [0.15, 0.2) is 16.6 Å². The minimum absolute atomic E-state index is 0.134. The van der Waals surface area contributed by atoms with Gasteiger partial charge in [0.1, 0.15) is 11.5 Å². The number of methoxy groups -OCH3 is 3. The first kappa shape index (κ1) is 21.5. The number of fused-ring (bicyclic) bond motifs is 1. The first-order valence-corrected chi connectivity index (χ1v) is 10.6. The van der Waals surface area contributed by atoms with Gasteiger partial charge in [0.2, 0.25) is 11.7 Å². The number of ether oxygens (including phenoxy) is 4. The van der Waals surface area contributed by atoms with E-state index in [1.165, 1.54) is 32.7 Å². The monoisotopic (exact) mass is 450 g/mol. The predicted octanol–water partition coefficient (Wildman–Crippen LogP) is 5.30. The van der Waals surface area contributed by atoms with Crippen LogP contribution in [0.25, 0.3) is 10.2 Å². The smallest absolute Gasteiger partial charge is 0.230 e. The van der Waals surface area contributed by atoms with Crippen molar-refractivity contribution in [1.29, 1.82) is 0 Å². The van der Waals surface area contributed by atoms with Crippen LogP contribution in [0.2, 0.25) is 0 Å². The third-order valence-electron chi connectivity index (χ3n) is 4.67. The Kier molecular flexibility index (Phi) is 6.42. The van der Waals surface area contributed by atoms with Crippen LogP contribution < -0.4 is 24.3 Å². The van der Waals surface area contributed by atoms with Gasteiger partial charge in [-0.3, -0.25) is 4.79 Å². The number of hydrogen-bond acceptors (Lipinski definition) is 7. The molecule has 0 saturated carbocycles. The Morgan fingerprint density at radius 3 is 2.28 bits per heavy atom. The zero-order valence-electron chi connectivity index (χ0n) is 17.9. The average Bonchev–Trinajstić information content (AvgIpc) is 3.20. The third kappa shape index (κ3) is 4.76. The Bertz CT molecular complexity index is 1210. The number of benzene rings is 3. The van der Waals surface area contributed by atoms with Gasteiger partial charge in [-0.2, -0.15) is 0 Å². The van der Waals surface area contributed by atoms with Gasteiger partial charge in [-0.05, 0) is 42.0 Å². The van der Waals surface area contributed by atoms with E-state index in [1.807, 2.05) is 48.5 Å². The fourth-order valence-electron chi connectivity index (χ4n) is 3.23. The fourth-order valence-corrected chi connectivity index (χ4v) is 4.14. The summed E-state index contributed by atoms with van der Waals surface area (Å²) in [5.74, 6) is 2.76. The quantitative estimate of drug-likeness (QED) is 0.393. The first-order valence-electron chi connectivity index (χ1n) is 9.82. The summed E-state index contributed by atoms with van der Waals surface area (Å²) in [6.07, 6.45) is 0.134. The van der Waals surface area contributed by atoms with Gasteiger partial charge in [-0.15, -0.1) is 0 Å². The molecule has 4 aromatic rings. The van der Waals surface area contributed by atoms with E-state index in [0.717, 1.165) is 21.5 Å². The Morgan fingerprint density at radius 2 is 1.62 bits per heavy atom. The van der Waals surface area contributed by atoms with Crippen LogP contribution in [-0.2, 0) is 11.2 Å². The lowest BCUT2D eigenvalue weighted by atomic mass is 10.1. The molecule has 0 atom stereocenters. The molecular weight excluding hydrogens is 428 g/mol. The van der Waals surface area contributed by atoms with Crippen molar-refractivity contribution in [2.45, 2.75) is 6.42 Å². The summed E-state index contributed by atoms with van der Waals surface area (Å²) in [5.41, 5.74) is 1.52. The molecule has 4 rings (SSSR count). The molecule has 164 valence electrons. The SMILES string of the molecule is COc1cc(CC(=O)Nc2nc3ccc(Oc4ccccc4)cc3s2)cc(OC)c1OC. The number of rotatable bonds is 8. The van der Waals surface area contributed by atoms with E-state index in [1.54, 1.807) is 12.1 Å². The van der Waals surface area contributed by atoms with Gasteiger partial charge in [0.05, 0.1) is 38.0 Å². The molecule has 7 nitrogen and oxygen atoms in total. The van der Waals surface area contributed by atoms with Crippen molar-refractivity contribution in [3.63, 3.8) is 0 Å². The summed E-state index contributed by atoms with van der Waals surface area (Å²) < 4.78 is 22.8. The summed E-state index contributed by atoms with van der Waals surface area (Å²) in [4.78, 5) is 17.1. The van der Waals surface area contributed by atoms with Crippen molar-refractivity contribution in [3.05, 3.63) is 66.2 Å². The molecule has 0 unspecified atom stereocenters. The second kappa shape index (κ2) is 9.57. The van der Waals surface area contributed by atoms with E-state index in [9.17, 15) is 4.79 Å². The number of hydrogen-bond donors (Lipinski definition) is 1. The average molecular weight is 451 g/mol. The Morgan fingerprint density at radius 1 is 0.906 bits per heavy atom. The molecular formula is C24H22N2O5S. The molecule has 0 bridgehead atoms. The van der Waals surface area contributed by atoms with Crippen molar-refractivity contribution in [2.75, 3.05) is 26.6 Å². The second-order valence-electron chi connectivity index (χ2n) is 6.82. The van der Waals surface area contributed by atoms with Crippen LogP contribution in [0.15, 0.2) is 60.7 Å². The molecule has 0 aliphatic rings. The number of anilines is 1. The van der Waals surface area contributed by atoms with E-state index in [2.05, 4.69) is 10.3 Å². The van der Waals surface area contributed by atoms with Crippen LogP contribution in [0.5, 0.6) is 28.7 Å². The van der Waals surface area contributed by atoms with Crippen LogP contribution in [0.4, 0.5) is 5.13 Å². The van der Waals surface area contributed by atoms with Crippen molar-refractivity contribution >= 4 is 32.6 Å². The molecule has 32 heavy (non-hydrogen) atoms. The molecule has 0 saturated heterocycles. The topological polar surface area (TPSA) is 78.9 Å². The molecule has 0 radical (unpaired) electrons. The molecule has 3 aromatic carbocycles. The maximum absolute atomic E-state index is 12.6. The number of carbonyl (C=O) groups is 1. The molecule has 1 amide bonds. The van der Waals surface area contributed by atoms with E-state index in [0.29, 0.717) is 28.1 Å². The third-order valence-corrected chi connectivity index (χ3v) is 5.61. The van der Waals surface area contributed by atoms with Crippen molar-refractivity contribution in [1.82, 2.24) is 4.98 Å². The summed E-state index contributed by atoms with van der Waals surface area (Å²) in [7, 11) is 4.62. The molecule has 1 heterocycles. The minimum Gasteiger partial charge on any atom is -0.493 e. The highest BCUT2D eigenvalue weighted by atomic mass is 32.1. The summed E-state index contributed by atoms with van der Waals surface area (Å²) in [6.45, 7) is 0. The molecule has 0 spiro atoms. The standard InChI is InChI=1S/C24H22N2O5S/c1-28-19-11-15(12-20(29-2)23(19)30-3)13-22(27)26-24-25-18-10-9-17(14-21(18)32-24)31-16-7-5-4-6-8-16/h4-12,14H,13H2,1-3H3,(H,25,26,27). The number of carbonyl (C=O) groups excluding carboxylic acids is 1. The lowest BCUT2D eigenvalue weighted by molar-refractivity contribution is -0.115. The maximum Gasteiger partial charge on any atom is 0.230 e. The molecule has 8 heteroatoms. The highest BCUT2D eigenvalue weighted by Gasteiger charge is 2.16. The van der Waals surface area contributed by atoms with Crippen LogP contribution in [0, 0.1) is 0 Å². The van der Waals surface area contributed by atoms with Gasteiger partial charge in [0, 0.05) is 6.07 Å². The highest BCUT2D eigenvalue weighted by Crippen LogP contribution is 2.38. The largest absolute Gasteiger partial charge is 0.493 e. The van der Waals surface area contributed by atoms with Gasteiger partial charge in [-0.1, -0.05) is 29.5 Å². The molecule has 0 aliphatic carbocycles. The zero-order valence-corrected chi connectivity index (χ0v) is 18.7. The number of aromatic nitrogens is 1. The molecule has 0 aliphatic heterocycles. The normalized spacial score (nSPS) is 10.6. The molecule has 0 fully saturated rings. The van der Waals surface area contributed by atoms with E-state index in [-0.39, 0.29) is 12.3 Å². The van der Waals surface area contributed by atoms with Crippen LogP contribution in [-0.4, -0.2) is 32.2 Å². The van der Waals surface area contributed by atoms with Gasteiger partial charge < -0.3 is 24.3 Å². The number of nitrogens with one attached hydrogen (secondary N) is 1. The summed E-state index contributed by atoms with van der Waals surface area (Å²) in [6, 6.07) is 18.7. The first-order chi connectivity index (χ1) is 15.6. The molecule has 1 aromatic heterocycles. The number of para-hydroxylation sites is 1. The highest BCUT2D eigenvalue weighted by molar-refractivity contribution is 7.22. The van der Waals surface area contributed by atoms with Crippen LogP contribution in [0.3, 0.4) is 0 Å². The fraction of sp³-hybridized carbons (Fsp3) is 0.167. The Balaban J connectivity index is 1.48. The maximum atomic E-state index is 12.6. The van der Waals surface area contributed by atoms with E-state index < -0.39 is 0 Å². The summed E-state index contributed by atoms with van der Waals surface area (Å²) in [5, 5.41) is 3.39. The van der Waals surface area contributed by atoms with Crippen molar-refractivity contribution in [3.8, 4) is 28.7 Å². The number of amides is 1. The van der Waals surface area contributed by atoms with Gasteiger partial charge in [0.25, 0.3) is 0 Å². The molecule has 1 N–H and O–H groups in total. The zero-order chi connectivity index (χ0) is 22.5. The summed E-state index contributed by atoms with van der Waals surface area (Å²) >= 11 is 1.39. The Hall–Kier alpha value is -3.78. The van der Waals surface area contributed by atoms with E-state index >= 15 is 0 Å². The second-order valence-corrected chi connectivity index (χ2v) is 7.85. The van der Waals surface area contributed by atoms with Gasteiger partial charge >= 0.3 is 0 Å². The van der Waals surface area contributed by atoms with Crippen LogP contribution >= 0.6 is 11.3 Å². The number of thiazole rings is 1. The van der Waals surface area contributed by atoms with Crippen LogP contribution in [0.1, 0.15) is 5.56 Å². The van der Waals surface area contributed by atoms with E-state index in [4.69, 9.17) is 18.9 Å².